The van der Waals surface area contributed by atoms with Crippen LogP contribution in [0.5, 0.6) is 5.75 Å². The van der Waals surface area contributed by atoms with Gasteiger partial charge in [-0.05, 0) is 55.9 Å². The Morgan fingerprint density at radius 1 is 1.37 bits per heavy atom. The number of imidazole rings is 1. The van der Waals surface area contributed by atoms with Gasteiger partial charge in [0.25, 0.3) is 0 Å². The molecule has 1 saturated carbocycles. The third-order valence-corrected chi connectivity index (χ3v) is 5.44. The van der Waals surface area contributed by atoms with Crippen LogP contribution in [-0.4, -0.2) is 26.7 Å². The van der Waals surface area contributed by atoms with Crippen molar-refractivity contribution in [2.24, 2.45) is 11.7 Å². The molecular weight excluding hydrogens is 398 g/mol. The molecule has 1 aliphatic carbocycles. The maximum absolute atomic E-state index is 9.70. The van der Waals surface area contributed by atoms with E-state index in [4.69, 9.17) is 27.1 Å². The first-order valence-electron chi connectivity index (χ1n) is 10.3. The van der Waals surface area contributed by atoms with Crippen molar-refractivity contribution in [1.29, 1.82) is 5.26 Å². The van der Waals surface area contributed by atoms with Gasteiger partial charge in [-0.25, -0.2) is 9.50 Å². The van der Waals surface area contributed by atoms with E-state index in [9.17, 15) is 5.26 Å². The van der Waals surface area contributed by atoms with Crippen LogP contribution in [0.1, 0.15) is 57.2 Å². The molecule has 3 aromatic rings. The number of nitriles is 1. The molecule has 0 saturated heterocycles. The van der Waals surface area contributed by atoms with E-state index < -0.39 is 5.54 Å². The number of ether oxygens (including phenoxy) is 1. The Morgan fingerprint density at radius 3 is 2.80 bits per heavy atom. The third-order valence-electron chi connectivity index (χ3n) is 5.25. The Labute approximate surface area is 181 Å². The zero-order valence-corrected chi connectivity index (χ0v) is 18.3. The highest BCUT2D eigenvalue weighted by Gasteiger charge is 2.27. The van der Waals surface area contributed by atoms with Crippen molar-refractivity contribution in [3.8, 4) is 22.9 Å². The van der Waals surface area contributed by atoms with Gasteiger partial charge in [0.15, 0.2) is 10.8 Å². The Balaban J connectivity index is 1.65. The number of hydrogen-bond donors (Lipinski definition) is 1. The molecule has 1 aliphatic rings. The average Bonchev–Trinajstić information content (AvgIpc) is 3.44. The van der Waals surface area contributed by atoms with Crippen LogP contribution in [0, 0.1) is 17.2 Å². The molecule has 30 heavy (non-hydrogen) atoms. The van der Waals surface area contributed by atoms with Gasteiger partial charge in [-0.15, -0.1) is 0 Å². The lowest BCUT2D eigenvalue weighted by Crippen LogP contribution is -2.43. The summed E-state index contributed by atoms with van der Waals surface area (Å²) in [6.45, 7) is 6.57. The van der Waals surface area contributed by atoms with E-state index in [1.807, 2.05) is 31.3 Å². The lowest BCUT2D eigenvalue weighted by molar-refractivity contribution is 0.206. The van der Waals surface area contributed by atoms with Gasteiger partial charge in [0, 0.05) is 17.0 Å². The Hall–Kier alpha value is -2.62. The monoisotopic (exact) mass is 423 g/mol. The average molecular weight is 424 g/mol. The number of hydrogen-bond acceptors (Lipinski definition) is 5. The first-order chi connectivity index (χ1) is 14.3. The van der Waals surface area contributed by atoms with Gasteiger partial charge in [0.05, 0.1) is 17.5 Å². The summed E-state index contributed by atoms with van der Waals surface area (Å²) in [6, 6.07) is 9.57. The molecule has 7 heteroatoms. The Morgan fingerprint density at radius 2 is 2.13 bits per heavy atom. The van der Waals surface area contributed by atoms with Crippen molar-refractivity contribution in [3.05, 3.63) is 46.9 Å². The van der Waals surface area contributed by atoms with Crippen molar-refractivity contribution < 1.29 is 4.74 Å². The van der Waals surface area contributed by atoms with E-state index in [1.165, 1.54) is 0 Å². The molecule has 0 unspecified atom stereocenters. The van der Waals surface area contributed by atoms with Gasteiger partial charge in [-0.3, -0.25) is 0 Å². The molecule has 4 rings (SSSR count). The number of nitrogens with two attached hydrogens (primary N) is 1. The lowest BCUT2D eigenvalue weighted by atomic mass is 9.93. The number of halogens is 1. The second-order valence-corrected chi connectivity index (χ2v) is 9.34. The van der Waals surface area contributed by atoms with Gasteiger partial charge >= 0.3 is 0 Å². The lowest BCUT2D eigenvalue weighted by Gasteiger charge is -2.26. The van der Waals surface area contributed by atoms with Crippen molar-refractivity contribution in [3.63, 3.8) is 0 Å². The zero-order valence-electron chi connectivity index (χ0n) is 17.5. The van der Waals surface area contributed by atoms with Crippen molar-refractivity contribution in [2.45, 2.75) is 51.5 Å². The van der Waals surface area contributed by atoms with Crippen LogP contribution in [0.25, 0.3) is 16.8 Å². The summed E-state index contributed by atoms with van der Waals surface area (Å²) < 4.78 is 7.66. The van der Waals surface area contributed by atoms with E-state index in [0.29, 0.717) is 34.9 Å². The van der Waals surface area contributed by atoms with E-state index in [0.717, 1.165) is 41.7 Å². The smallest absolute Gasteiger partial charge is 0.161 e. The van der Waals surface area contributed by atoms with Gasteiger partial charge in [-0.1, -0.05) is 31.5 Å². The Bertz CT molecular complexity index is 1120. The van der Waals surface area contributed by atoms with Crippen LogP contribution in [-0.2, 0) is 0 Å². The number of fused-ring (bicyclic) bond motifs is 1. The number of nitrogens with zero attached hydrogens (tertiary/aromatic N) is 4. The molecule has 0 bridgehead atoms. The van der Waals surface area contributed by atoms with Crippen molar-refractivity contribution in [1.82, 2.24) is 14.6 Å². The quantitative estimate of drug-likeness (QED) is 0.581. The van der Waals surface area contributed by atoms with Gasteiger partial charge in [0.1, 0.15) is 18.4 Å². The summed E-state index contributed by atoms with van der Waals surface area (Å²) in [5.41, 5.74) is 9.81. The van der Waals surface area contributed by atoms with E-state index in [1.54, 1.807) is 10.6 Å². The highest BCUT2D eigenvalue weighted by atomic mass is 35.5. The van der Waals surface area contributed by atoms with Crippen LogP contribution < -0.4 is 10.5 Å². The second kappa shape index (κ2) is 7.90. The predicted octanol–water partition coefficient (Wildman–Crippen LogP) is 4.94. The van der Waals surface area contributed by atoms with Crippen molar-refractivity contribution in [2.75, 3.05) is 6.61 Å². The van der Waals surface area contributed by atoms with Crippen LogP contribution in [0.3, 0.4) is 0 Å². The van der Waals surface area contributed by atoms with E-state index >= 15 is 0 Å². The van der Waals surface area contributed by atoms with Crippen LogP contribution >= 0.6 is 11.6 Å². The van der Waals surface area contributed by atoms with E-state index in [-0.39, 0.29) is 0 Å². The summed E-state index contributed by atoms with van der Waals surface area (Å²) in [4.78, 5) is 4.78. The molecule has 0 radical (unpaired) electrons. The number of rotatable bonds is 7. The number of benzene rings is 1. The van der Waals surface area contributed by atoms with Crippen LogP contribution in [0.15, 0.2) is 30.5 Å². The minimum Gasteiger partial charge on any atom is -0.490 e. The summed E-state index contributed by atoms with van der Waals surface area (Å²) >= 11 is 6.26. The molecule has 2 N–H and O–H groups in total. The van der Waals surface area contributed by atoms with Gasteiger partial charge in [0.2, 0.25) is 0 Å². The third kappa shape index (κ3) is 4.43. The molecule has 1 fully saturated rings. The maximum atomic E-state index is 9.70. The summed E-state index contributed by atoms with van der Waals surface area (Å²) in [6.07, 6.45) is 5.11. The summed E-state index contributed by atoms with van der Waals surface area (Å²) in [7, 11) is 0. The molecule has 0 amide bonds. The molecule has 1 aromatic carbocycles. The summed E-state index contributed by atoms with van der Waals surface area (Å²) in [5, 5.41) is 14.4. The molecule has 6 nitrogen and oxygen atoms in total. The SMILES string of the molecule is CC(C)C[C@](C)(N)COc1ccc(-c2cc(Cl)nn3cc(C4CC4)nc23)cc1C#N. The molecule has 0 aliphatic heterocycles. The fourth-order valence-corrected chi connectivity index (χ4v) is 4.09. The van der Waals surface area contributed by atoms with Gasteiger partial charge < -0.3 is 10.5 Å². The molecule has 2 heterocycles. The highest BCUT2D eigenvalue weighted by Crippen LogP contribution is 2.40. The zero-order chi connectivity index (χ0) is 21.5. The molecule has 2 aromatic heterocycles. The molecule has 156 valence electrons. The molecule has 1 atom stereocenters. The predicted molar refractivity (Wildman–Crippen MR) is 118 cm³/mol. The number of aromatic nitrogens is 3. The van der Waals surface area contributed by atoms with Crippen molar-refractivity contribution >= 4 is 17.2 Å². The largest absolute Gasteiger partial charge is 0.490 e. The minimum atomic E-state index is -0.459. The van der Waals surface area contributed by atoms with Crippen LogP contribution in [0.2, 0.25) is 5.15 Å². The molecule has 0 spiro atoms. The summed E-state index contributed by atoms with van der Waals surface area (Å²) in [5.74, 6) is 1.51. The first-order valence-corrected chi connectivity index (χ1v) is 10.7. The maximum Gasteiger partial charge on any atom is 0.161 e. The van der Waals surface area contributed by atoms with E-state index in [2.05, 4.69) is 25.0 Å². The van der Waals surface area contributed by atoms with Crippen LogP contribution in [0.4, 0.5) is 0 Å². The van der Waals surface area contributed by atoms with Gasteiger partial charge in [-0.2, -0.15) is 10.4 Å². The highest BCUT2D eigenvalue weighted by molar-refractivity contribution is 6.29. The Kier molecular flexibility index (Phi) is 5.44. The first kappa shape index (κ1) is 20.6. The fourth-order valence-electron chi connectivity index (χ4n) is 3.90. The normalized spacial score (nSPS) is 15.9. The standard InChI is InChI=1S/C23H26ClN5O/c1-14(2)10-23(3,26)13-30-20-7-6-16(8-17(20)11-25)18-9-21(24)28-29-12-19(15-4-5-15)27-22(18)29/h6-9,12,14-15H,4-5,10,13,26H2,1-3H3/t23-/m0/s1. The topological polar surface area (TPSA) is 89.2 Å². The molecular formula is C23H26ClN5O. The second-order valence-electron chi connectivity index (χ2n) is 8.95. The fraction of sp³-hybridized carbons (Fsp3) is 0.435. The minimum absolute atomic E-state index is 0.343.